The summed E-state index contributed by atoms with van der Waals surface area (Å²) in [5, 5.41) is 5.93. The first-order valence-electron chi connectivity index (χ1n) is 9.58. The second-order valence-corrected chi connectivity index (χ2v) is 9.08. The number of piperidine rings is 1. The summed E-state index contributed by atoms with van der Waals surface area (Å²) in [6.07, 6.45) is 2.88. The summed E-state index contributed by atoms with van der Waals surface area (Å²) in [4.78, 5) is 12.5. The number of aryl methyl sites for hydroxylation is 1. The van der Waals surface area contributed by atoms with Gasteiger partial charge in [-0.25, -0.2) is 8.42 Å². The van der Waals surface area contributed by atoms with Gasteiger partial charge in [0.15, 0.2) is 0 Å². The van der Waals surface area contributed by atoms with Crippen molar-refractivity contribution in [1.29, 1.82) is 0 Å². The first-order chi connectivity index (χ1) is 13.4. The van der Waals surface area contributed by atoms with Crippen LogP contribution in [0.5, 0.6) is 0 Å². The van der Waals surface area contributed by atoms with Crippen LogP contribution in [0, 0.1) is 13.8 Å². The molecule has 150 valence electrons. The van der Waals surface area contributed by atoms with Crippen LogP contribution in [0.3, 0.4) is 0 Å². The molecule has 0 saturated carbocycles. The molecule has 3 rings (SSSR count). The minimum Gasteiger partial charge on any atom is -0.376 e. The van der Waals surface area contributed by atoms with Crippen molar-refractivity contribution in [3.63, 3.8) is 0 Å². The predicted molar refractivity (Wildman–Crippen MR) is 112 cm³/mol. The number of nitrogens with zero attached hydrogens (tertiary/aromatic N) is 1. The standard InChI is InChI=1S/C21H27N3O3S/c1-16-7-6-8-20(17(16)2)22-15-21(25)23-18-9-11-19(12-10-18)28(26,27)24-13-4-3-5-14-24/h6-12,22H,3-5,13-15H2,1-2H3,(H,23,25). The van der Waals surface area contributed by atoms with E-state index in [9.17, 15) is 13.2 Å². The van der Waals surface area contributed by atoms with Crippen molar-refractivity contribution in [3.8, 4) is 0 Å². The molecule has 1 aliphatic heterocycles. The van der Waals surface area contributed by atoms with Crippen molar-refractivity contribution in [1.82, 2.24) is 4.31 Å². The summed E-state index contributed by atoms with van der Waals surface area (Å²) >= 11 is 0. The van der Waals surface area contributed by atoms with E-state index in [0.717, 1.165) is 36.1 Å². The monoisotopic (exact) mass is 401 g/mol. The van der Waals surface area contributed by atoms with Crippen LogP contribution in [0.4, 0.5) is 11.4 Å². The molecular weight excluding hydrogens is 374 g/mol. The van der Waals surface area contributed by atoms with E-state index >= 15 is 0 Å². The summed E-state index contributed by atoms with van der Waals surface area (Å²) < 4.78 is 26.9. The van der Waals surface area contributed by atoms with Crippen molar-refractivity contribution in [3.05, 3.63) is 53.6 Å². The molecule has 1 heterocycles. The normalized spacial score (nSPS) is 15.2. The minimum absolute atomic E-state index is 0.137. The second-order valence-electron chi connectivity index (χ2n) is 7.14. The largest absolute Gasteiger partial charge is 0.376 e. The van der Waals surface area contributed by atoms with Crippen LogP contribution in [-0.2, 0) is 14.8 Å². The average molecular weight is 402 g/mol. The highest BCUT2D eigenvalue weighted by atomic mass is 32.2. The van der Waals surface area contributed by atoms with Crippen LogP contribution in [0.2, 0.25) is 0 Å². The molecule has 1 aliphatic rings. The fourth-order valence-corrected chi connectivity index (χ4v) is 4.80. The number of carbonyl (C=O) groups is 1. The lowest BCUT2D eigenvalue weighted by atomic mass is 10.1. The summed E-state index contributed by atoms with van der Waals surface area (Å²) in [7, 11) is -3.45. The SMILES string of the molecule is Cc1cccc(NCC(=O)Nc2ccc(S(=O)(=O)N3CCCCC3)cc2)c1C. The Kier molecular flexibility index (Phi) is 6.36. The van der Waals surface area contributed by atoms with Gasteiger partial charge in [0.1, 0.15) is 0 Å². The molecule has 0 aliphatic carbocycles. The molecule has 1 amide bonds. The highest BCUT2D eigenvalue weighted by molar-refractivity contribution is 7.89. The number of amides is 1. The molecule has 0 unspecified atom stereocenters. The molecule has 0 spiro atoms. The maximum Gasteiger partial charge on any atom is 0.243 e. The number of anilines is 2. The molecule has 0 aromatic heterocycles. The topological polar surface area (TPSA) is 78.5 Å². The third kappa shape index (κ3) is 4.72. The van der Waals surface area contributed by atoms with Crippen LogP contribution in [0.15, 0.2) is 47.4 Å². The number of hydrogen-bond donors (Lipinski definition) is 2. The van der Waals surface area contributed by atoms with Crippen molar-refractivity contribution in [2.24, 2.45) is 0 Å². The molecule has 7 heteroatoms. The number of hydrogen-bond acceptors (Lipinski definition) is 4. The lowest BCUT2D eigenvalue weighted by Gasteiger charge is -2.25. The van der Waals surface area contributed by atoms with Crippen LogP contribution in [-0.4, -0.2) is 38.3 Å². The third-order valence-electron chi connectivity index (χ3n) is 5.13. The zero-order chi connectivity index (χ0) is 20.1. The second kappa shape index (κ2) is 8.75. The van der Waals surface area contributed by atoms with E-state index in [1.807, 2.05) is 32.0 Å². The molecule has 1 saturated heterocycles. The Labute approximate surface area is 167 Å². The lowest BCUT2D eigenvalue weighted by Crippen LogP contribution is -2.35. The maximum atomic E-state index is 12.7. The number of nitrogens with one attached hydrogen (secondary N) is 2. The Morgan fingerprint density at radius 1 is 1.00 bits per heavy atom. The Balaban J connectivity index is 1.59. The maximum absolute atomic E-state index is 12.7. The quantitative estimate of drug-likeness (QED) is 0.776. The van der Waals surface area contributed by atoms with Crippen LogP contribution in [0.25, 0.3) is 0 Å². The number of carbonyl (C=O) groups excluding carboxylic acids is 1. The smallest absolute Gasteiger partial charge is 0.243 e. The van der Waals surface area contributed by atoms with E-state index in [0.29, 0.717) is 18.8 Å². The third-order valence-corrected chi connectivity index (χ3v) is 7.05. The van der Waals surface area contributed by atoms with Gasteiger partial charge in [-0.1, -0.05) is 18.6 Å². The van der Waals surface area contributed by atoms with Gasteiger partial charge in [0.05, 0.1) is 11.4 Å². The van der Waals surface area contributed by atoms with Gasteiger partial charge in [0.25, 0.3) is 0 Å². The number of rotatable bonds is 6. The first kappa shape index (κ1) is 20.4. The van der Waals surface area contributed by atoms with Gasteiger partial charge in [-0.3, -0.25) is 4.79 Å². The Hall–Kier alpha value is -2.38. The van der Waals surface area contributed by atoms with Gasteiger partial charge >= 0.3 is 0 Å². The number of sulfonamides is 1. The fourth-order valence-electron chi connectivity index (χ4n) is 3.29. The van der Waals surface area contributed by atoms with Gasteiger partial charge in [-0.2, -0.15) is 4.31 Å². The van der Waals surface area contributed by atoms with Gasteiger partial charge in [0, 0.05) is 24.5 Å². The molecular formula is C21H27N3O3S. The molecule has 1 fully saturated rings. The molecule has 2 N–H and O–H groups in total. The number of benzene rings is 2. The summed E-state index contributed by atoms with van der Waals surface area (Å²) in [6, 6.07) is 12.3. The van der Waals surface area contributed by atoms with Crippen molar-refractivity contribution >= 4 is 27.3 Å². The lowest BCUT2D eigenvalue weighted by molar-refractivity contribution is -0.114. The van der Waals surface area contributed by atoms with Crippen molar-refractivity contribution in [2.75, 3.05) is 30.3 Å². The predicted octanol–water partition coefficient (Wildman–Crippen LogP) is 3.53. The van der Waals surface area contributed by atoms with E-state index in [4.69, 9.17) is 0 Å². The van der Waals surface area contributed by atoms with Gasteiger partial charge in [-0.05, 0) is 68.1 Å². The van der Waals surface area contributed by atoms with Gasteiger partial charge in [0.2, 0.25) is 15.9 Å². The zero-order valence-corrected chi connectivity index (χ0v) is 17.2. The zero-order valence-electron chi connectivity index (χ0n) is 16.4. The summed E-state index contributed by atoms with van der Waals surface area (Å²) in [5.74, 6) is -0.187. The molecule has 2 aromatic carbocycles. The van der Waals surface area contributed by atoms with Crippen LogP contribution < -0.4 is 10.6 Å². The molecule has 0 radical (unpaired) electrons. The highest BCUT2D eigenvalue weighted by Gasteiger charge is 2.25. The van der Waals surface area contributed by atoms with Crippen molar-refractivity contribution < 1.29 is 13.2 Å². The highest BCUT2D eigenvalue weighted by Crippen LogP contribution is 2.22. The van der Waals surface area contributed by atoms with Gasteiger partial charge < -0.3 is 10.6 Å². The average Bonchev–Trinajstić information content (AvgIpc) is 2.70. The van der Waals surface area contributed by atoms with E-state index < -0.39 is 10.0 Å². The first-order valence-corrected chi connectivity index (χ1v) is 11.0. The van der Waals surface area contributed by atoms with E-state index in [1.54, 1.807) is 24.3 Å². The molecule has 28 heavy (non-hydrogen) atoms. The molecule has 6 nitrogen and oxygen atoms in total. The summed E-state index contributed by atoms with van der Waals surface area (Å²) in [5.41, 5.74) is 3.78. The van der Waals surface area contributed by atoms with Crippen LogP contribution in [0.1, 0.15) is 30.4 Å². The Morgan fingerprint density at radius 2 is 1.68 bits per heavy atom. The van der Waals surface area contributed by atoms with Crippen LogP contribution >= 0.6 is 0 Å². The molecule has 0 bridgehead atoms. The summed E-state index contributed by atoms with van der Waals surface area (Å²) in [6.45, 7) is 5.32. The Morgan fingerprint density at radius 3 is 2.36 bits per heavy atom. The molecule has 2 aromatic rings. The fraction of sp³-hybridized carbons (Fsp3) is 0.381. The van der Waals surface area contributed by atoms with Gasteiger partial charge in [-0.15, -0.1) is 0 Å². The van der Waals surface area contributed by atoms with E-state index in [-0.39, 0.29) is 17.3 Å². The van der Waals surface area contributed by atoms with E-state index in [1.165, 1.54) is 4.31 Å². The van der Waals surface area contributed by atoms with Crippen molar-refractivity contribution in [2.45, 2.75) is 38.0 Å². The minimum atomic E-state index is -3.45. The van der Waals surface area contributed by atoms with E-state index in [2.05, 4.69) is 10.6 Å². The Bertz CT molecular complexity index is 934. The molecule has 0 atom stereocenters.